The maximum atomic E-state index is 12.1. The number of nitrogens with zero attached hydrogens (tertiary/aromatic N) is 1. The van der Waals surface area contributed by atoms with Crippen LogP contribution in [0.1, 0.15) is 17.0 Å². The number of anilines is 1. The molecule has 0 spiro atoms. The van der Waals surface area contributed by atoms with Gasteiger partial charge in [-0.25, -0.2) is 4.98 Å². The van der Waals surface area contributed by atoms with E-state index in [2.05, 4.69) is 10.3 Å². The lowest BCUT2D eigenvalue weighted by Gasteiger charge is -2.09. The van der Waals surface area contributed by atoms with Gasteiger partial charge in [0.15, 0.2) is 18.1 Å². The Labute approximate surface area is 163 Å². The van der Waals surface area contributed by atoms with E-state index in [0.717, 1.165) is 27.9 Å². The Morgan fingerprint density at radius 2 is 1.75 bits per heavy atom. The molecule has 0 fully saturated rings. The fourth-order valence-electron chi connectivity index (χ4n) is 2.93. The molecule has 0 aliphatic carbocycles. The molecular formula is C23H20N2O3. The van der Waals surface area contributed by atoms with Crippen molar-refractivity contribution in [2.45, 2.75) is 13.3 Å². The van der Waals surface area contributed by atoms with Crippen LogP contribution in [0.5, 0.6) is 5.75 Å². The number of oxazole rings is 1. The van der Waals surface area contributed by atoms with Crippen LogP contribution in [0, 0.1) is 6.92 Å². The number of aromatic nitrogens is 1. The van der Waals surface area contributed by atoms with Crippen molar-refractivity contribution < 1.29 is 13.9 Å². The molecule has 1 N–H and O–H groups in total. The highest BCUT2D eigenvalue weighted by Crippen LogP contribution is 2.19. The summed E-state index contributed by atoms with van der Waals surface area (Å²) in [5.74, 6) is 1.19. The van der Waals surface area contributed by atoms with Crippen molar-refractivity contribution in [3.63, 3.8) is 0 Å². The Morgan fingerprint density at radius 3 is 2.54 bits per heavy atom. The summed E-state index contributed by atoms with van der Waals surface area (Å²) in [7, 11) is 0. The van der Waals surface area contributed by atoms with Gasteiger partial charge in [-0.3, -0.25) is 4.79 Å². The van der Waals surface area contributed by atoms with E-state index in [1.165, 1.54) is 0 Å². The Hall–Kier alpha value is -3.60. The fourth-order valence-corrected chi connectivity index (χ4v) is 2.93. The van der Waals surface area contributed by atoms with Gasteiger partial charge < -0.3 is 14.5 Å². The van der Waals surface area contributed by atoms with Gasteiger partial charge >= 0.3 is 0 Å². The zero-order chi connectivity index (χ0) is 19.3. The highest BCUT2D eigenvalue weighted by atomic mass is 16.5. The Balaban J connectivity index is 1.33. The van der Waals surface area contributed by atoms with Crippen molar-refractivity contribution >= 4 is 22.7 Å². The molecule has 5 heteroatoms. The van der Waals surface area contributed by atoms with Gasteiger partial charge in [-0.05, 0) is 48.4 Å². The summed E-state index contributed by atoms with van der Waals surface area (Å²) in [6, 6.07) is 23.0. The van der Waals surface area contributed by atoms with Gasteiger partial charge in [-0.1, -0.05) is 42.5 Å². The van der Waals surface area contributed by atoms with Gasteiger partial charge in [-0.2, -0.15) is 0 Å². The number of nitrogens with one attached hydrogen (secondary N) is 1. The van der Waals surface area contributed by atoms with Crippen molar-refractivity contribution in [3.05, 3.63) is 89.8 Å². The first kappa shape index (κ1) is 17.8. The molecule has 0 bridgehead atoms. The summed E-state index contributed by atoms with van der Waals surface area (Å²) >= 11 is 0. The molecule has 0 aliphatic heterocycles. The van der Waals surface area contributed by atoms with Gasteiger partial charge in [0, 0.05) is 12.1 Å². The summed E-state index contributed by atoms with van der Waals surface area (Å²) in [6.45, 7) is 1.92. The molecule has 1 aromatic heterocycles. The second-order valence-electron chi connectivity index (χ2n) is 6.55. The van der Waals surface area contributed by atoms with E-state index < -0.39 is 0 Å². The number of ether oxygens (including phenoxy) is 1. The third kappa shape index (κ3) is 4.20. The van der Waals surface area contributed by atoms with Crippen LogP contribution in [0.25, 0.3) is 11.1 Å². The first-order chi connectivity index (χ1) is 13.7. The van der Waals surface area contributed by atoms with E-state index in [9.17, 15) is 4.79 Å². The molecule has 1 amide bonds. The number of rotatable bonds is 6. The zero-order valence-electron chi connectivity index (χ0n) is 15.5. The molecule has 140 valence electrons. The van der Waals surface area contributed by atoms with E-state index in [-0.39, 0.29) is 12.5 Å². The Morgan fingerprint density at radius 1 is 1.00 bits per heavy atom. The number of fused-ring (bicyclic) bond motifs is 1. The minimum absolute atomic E-state index is 0.0322. The molecular weight excluding hydrogens is 352 g/mol. The highest BCUT2D eigenvalue weighted by molar-refractivity contribution is 5.91. The standard InChI is InChI=1S/C23H20N2O3/c1-16-6-2-4-8-20(16)27-15-22(26)24-18-12-10-17(11-13-18)14-23-25-19-7-3-5-9-21(19)28-23/h2-13H,14-15H2,1H3,(H,24,26). The highest BCUT2D eigenvalue weighted by Gasteiger charge is 2.08. The molecule has 0 unspecified atom stereocenters. The minimum atomic E-state index is -0.199. The van der Waals surface area contributed by atoms with Gasteiger partial charge in [0.25, 0.3) is 5.91 Å². The maximum absolute atomic E-state index is 12.1. The molecule has 28 heavy (non-hydrogen) atoms. The van der Waals surface area contributed by atoms with E-state index in [1.807, 2.05) is 79.7 Å². The molecule has 4 aromatic rings. The summed E-state index contributed by atoms with van der Waals surface area (Å²) in [5, 5.41) is 2.84. The van der Waals surface area contributed by atoms with E-state index in [4.69, 9.17) is 9.15 Å². The first-order valence-electron chi connectivity index (χ1n) is 9.09. The summed E-state index contributed by atoms with van der Waals surface area (Å²) < 4.78 is 11.3. The average Bonchev–Trinajstić information content (AvgIpc) is 3.11. The summed E-state index contributed by atoms with van der Waals surface area (Å²) in [5.41, 5.74) is 4.42. The number of hydrogen-bond donors (Lipinski definition) is 1. The minimum Gasteiger partial charge on any atom is -0.483 e. The van der Waals surface area contributed by atoms with E-state index in [1.54, 1.807) is 0 Å². The molecule has 1 heterocycles. The topological polar surface area (TPSA) is 64.4 Å². The predicted octanol–water partition coefficient (Wildman–Crippen LogP) is 4.74. The molecule has 0 saturated carbocycles. The van der Waals surface area contributed by atoms with Crippen LogP contribution >= 0.6 is 0 Å². The number of para-hydroxylation sites is 3. The SMILES string of the molecule is Cc1ccccc1OCC(=O)Nc1ccc(Cc2nc3ccccc3o2)cc1. The second kappa shape index (κ2) is 7.96. The van der Waals surface area contributed by atoms with Crippen molar-refractivity contribution in [3.8, 4) is 5.75 Å². The van der Waals surface area contributed by atoms with E-state index in [0.29, 0.717) is 18.1 Å². The van der Waals surface area contributed by atoms with Gasteiger partial charge in [0.2, 0.25) is 0 Å². The normalized spacial score (nSPS) is 10.8. The number of carbonyl (C=O) groups is 1. The van der Waals surface area contributed by atoms with Crippen LogP contribution in [0.3, 0.4) is 0 Å². The number of benzene rings is 3. The van der Waals surface area contributed by atoms with Gasteiger partial charge in [0.1, 0.15) is 11.3 Å². The average molecular weight is 372 g/mol. The fraction of sp³-hybridized carbons (Fsp3) is 0.130. The Kier molecular flexibility index (Phi) is 5.06. The van der Waals surface area contributed by atoms with Gasteiger partial charge in [-0.15, -0.1) is 0 Å². The van der Waals surface area contributed by atoms with Crippen LogP contribution in [0.4, 0.5) is 5.69 Å². The number of aryl methyl sites for hydroxylation is 1. The molecule has 0 aliphatic rings. The molecule has 3 aromatic carbocycles. The lowest BCUT2D eigenvalue weighted by molar-refractivity contribution is -0.118. The van der Waals surface area contributed by atoms with Crippen LogP contribution in [0.2, 0.25) is 0 Å². The molecule has 5 nitrogen and oxygen atoms in total. The monoisotopic (exact) mass is 372 g/mol. The molecule has 0 saturated heterocycles. The molecule has 0 radical (unpaired) electrons. The van der Waals surface area contributed by atoms with E-state index >= 15 is 0 Å². The van der Waals surface area contributed by atoms with Crippen LogP contribution in [0.15, 0.2) is 77.2 Å². The Bertz CT molecular complexity index is 1070. The maximum Gasteiger partial charge on any atom is 0.262 e. The van der Waals surface area contributed by atoms with Crippen molar-refractivity contribution in [1.82, 2.24) is 4.98 Å². The lowest BCUT2D eigenvalue weighted by atomic mass is 10.1. The third-order valence-electron chi connectivity index (χ3n) is 4.38. The third-order valence-corrected chi connectivity index (χ3v) is 4.38. The zero-order valence-corrected chi connectivity index (χ0v) is 15.5. The number of amides is 1. The largest absolute Gasteiger partial charge is 0.483 e. The van der Waals surface area contributed by atoms with Crippen LogP contribution < -0.4 is 10.1 Å². The predicted molar refractivity (Wildman–Crippen MR) is 109 cm³/mol. The quantitative estimate of drug-likeness (QED) is 0.531. The van der Waals surface area contributed by atoms with Crippen LogP contribution in [-0.4, -0.2) is 17.5 Å². The van der Waals surface area contributed by atoms with Crippen molar-refractivity contribution in [2.24, 2.45) is 0 Å². The molecule has 0 atom stereocenters. The second-order valence-corrected chi connectivity index (χ2v) is 6.55. The summed E-state index contributed by atoms with van der Waals surface area (Å²) in [6.07, 6.45) is 0.597. The molecule has 4 rings (SSSR count). The summed E-state index contributed by atoms with van der Waals surface area (Å²) in [4.78, 5) is 16.6. The number of hydrogen-bond acceptors (Lipinski definition) is 4. The first-order valence-corrected chi connectivity index (χ1v) is 9.09. The lowest BCUT2D eigenvalue weighted by Crippen LogP contribution is -2.20. The number of carbonyl (C=O) groups excluding carboxylic acids is 1. The smallest absolute Gasteiger partial charge is 0.262 e. The van der Waals surface area contributed by atoms with Crippen molar-refractivity contribution in [1.29, 1.82) is 0 Å². The van der Waals surface area contributed by atoms with Crippen LogP contribution in [-0.2, 0) is 11.2 Å². The van der Waals surface area contributed by atoms with Crippen molar-refractivity contribution in [2.75, 3.05) is 11.9 Å². The van der Waals surface area contributed by atoms with Gasteiger partial charge in [0.05, 0.1) is 0 Å².